The molecule has 1 rings (SSSR count). The molecule has 88 valence electrons. The van der Waals surface area contributed by atoms with E-state index in [-0.39, 0.29) is 5.97 Å². The first kappa shape index (κ1) is 13.2. The van der Waals surface area contributed by atoms with Gasteiger partial charge in [-0.15, -0.1) is 0 Å². The number of hydrogen-bond donors (Lipinski definition) is 0. The average Bonchev–Trinajstić information content (AvgIpc) is 2.23. The van der Waals surface area contributed by atoms with Crippen LogP contribution in [0.1, 0.15) is 38.2 Å². The molecule has 0 amide bonds. The standard InChI is InChI=1S/C13H17BrO2/c1-3-4-5-6-13(15)16-12-8-7-11(14)9-10(12)2/h7-9H,3-6H2,1-2H3. The van der Waals surface area contributed by atoms with Gasteiger partial charge in [-0.3, -0.25) is 4.79 Å². The van der Waals surface area contributed by atoms with E-state index in [1.54, 1.807) is 0 Å². The van der Waals surface area contributed by atoms with Crippen molar-refractivity contribution in [2.24, 2.45) is 0 Å². The second-order valence-electron chi connectivity index (χ2n) is 3.84. The van der Waals surface area contributed by atoms with Crippen LogP contribution in [0.3, 0.4) is 0 Å². The molecule has 0 unspecified atom stereocenters. The molecule has 0 radical (unpaired) electrons. The van der Waals surface area contributed by atoms with Gasteiger partial charge in [-0.25, -0.2) is 0 Å². The van der Waals surface area contributed by atoms with Crippen LogP contribution in [0.2, 0.25) is 0 Å². The van der Waals surface area contributed by atoms with E-state index in [0.29, 0.717) is 12.2 Å². The number of esters is 1. The van der Waals surface area contributed by atoms with Gasteiger partial charge in [-0.05, 0) is 37.1 Å². The van der Waals surface area contributed by atoms with Gasteiger partial charge >= 0.3 is 5.97 Å². The number of hydrogen-bond acceptors (Lipinski definition) is 2. The second kappa shape index (κ2) is 6.69. The first-order valence-corrected chi connectivity index (χ1v) is 6.39. The number of halogens is 1. The Labute approximate surface area is 105 Å². The quantitative estimate of drug-likeness (QED) is 0.459. The van der Waals surface area contributed by atoms with Crippen LogP contribution in [0, 0.1) is 6.92 Å². The summed E-state index contributed by atoms with van der Waals surface area (Å²) in [5, 5.41) is 0. The molecule has 0 atom stereocenters. The van der Waals surface area contributed by atoms with E-state index in [9.17, 15) is 4.79 Å². The summed E-state index contributed by atoms with van der Waals surface area (Å²) >= 11 is 3.37. The van der Waals surface area contributed by atoms with Gasteiger partial charge in [0.25, 0.3) is 0 Å². The van der Waals surface area contributed by atoms with Gasteiger partial charge < -0.3 is 4.74 Å². The second-order valence-corrected chi connectivity index (χ2v) is 4.76. The van der Waals surface area contributed by atoms with Crippen molar-refractivity contribution in [3.63, 3.8) is 0 Å². The zero-order valence-corrected chi connectivity index (χ0v) is 11.3. The van der Waals surface area contributed by atoms with Crippen LogP contribution in [0.5, 0.6) is 5.75 Å². The lowest BCUT2D eigenvalue weighted by Gasteiger charge is -2.07. The lowest BCUT2D eigenvalue weighted by atomic mass is 10.2. The Hall–Kier alpha value is -0.830. The molecule has 0 spiro atoms. The van der Waals surface area contributed by atoms with Gasteiger partial charge in [0.05, 0.1) is 0 Å². The molecule has 1 aromatic carbocycles. The maximum absolute atomic E-state index is 11.5. The highest BCUT2D eigenvalue weighted by Crippen LogP contribution is 2.22. The van der Waals surface area contributed by atoms with Gasteiger partial charge in [0, 0.05) is 10.9 Å². The highest BCUT2D eigenvalue weighted by Gasteiger charge is 2.06. The van der Waals surface area contributed by atoms with E-state index in [2.05, 4.69) is 22.9 Å². The molecule has 0 heterocycles. The van der Waals surface area contributed by atoms with Gasteiger partial charge in [0.15, 0.2) is 0 Å². The molecule has 3 heteroatoms. The van der Waals surface area contributed by atoms with E-state index in [1.807, 2.05) is 25.1 Å². The Morgan fingerprint density at radius 1 is 1.38 bits per heavy atom. The summed E-state index contributed by atoms with van der Waals surface area (Å²) < 4.78 is 6.28. The van der Waals surface area contributed by atoms with Crippen molar-refractivity contribution < 1.29 is 9.53 Å². The molecule has 1 aromatic rings. The van der Waals surface area contributed by atoms with Crippen LogP contribution in [-0.2, 0) is 4.79 Å². The normalized spacial score (nSPS) is 10.2. The molecule has 0 aliphatic rings. The molecule has 16 heavy (non-hydrogen) atoms. The minimum absolute atomic E-state index is 0.140. The predicted octanol–water partition coefficient (Wildman–Crippen LogP) is 4.24. The van der Waals surface area contributed by atoms with Gasteiger partial charge in [-0.1, -0.05) is 35.7 Å². The van der Waals surface area contributed by atoms with E-state index >= 15 is 0 Å². The molecule has 0 aliphatic carbocycles. The topological polar surface area (TPSA) is 26.3 Å². The lowest BCUT2D eigenvalue weighted by Crippen LogP contribution is -2.08. The number of benzene rings is 1. The summed E-state index contributed by atoms with van der Waals surface area (Å²) in [5.41, 5.74) is 0.971. The summed E-state index contributed by atoms with van der Waals surface area (Å²) in [4.78, 5) is 11.5. The smallest absolute Gasteiger partial charge is 0.311 e. The molecular weight excluding hydrogens is 268 g/mol. The maximum atomic E-state index is 11.5. The average molecular weight is 285 g/mol. The summed E-state index contributed by atoms with van der Waals surface area (Å²) in [7, 11) is 0. The third kappa shape index (κ3) is 4.35. The summed E-state index contributed by atoms with van der Waals surface area (Å²) in [6.07, 6.45) is 3.60. The summed E-state index contributed by atoms with van der Waals surface area (Å²) in [6, 6.07) is 5.63. The van der Waals surface area contributed by atoms with Gasteiger partial charge in [0.1, 0.15) is 5.75 Å². The van der Waals surface area contributed by atoms with E-state index < -0.39 is 0 Å². The Morgan fingerprint density at radius 3 is 2.75 bits per heavy atom. The van der Waals surface area contributed by atoms with Crippen molar-refractivity contribution in [3.05, 3.63) is 28.2 Å². The number of ether oxygens (including phenoxy) is 1. The molecular formula is C13H17BrO2. The molecule has 2 nitrogen and oxygen atoms in total. The van der Waals surface area contributed by atoms with Gasteiger partial charge in [-0.2, -0.15) is 0 Å². The molecule has 0 aromatic heterocycles. The maximum Gasteiger partial charge on any atom is 0.311 e. The van der Waals surface area contributed by atoms with E-state index in [0.717, 1.165) is 29.3 Å². The molecule has 0 bridgehead atoms. The highest BCUT2D eigenvalue weighted by atomic mass is 79.9. The van der Waals surface area contributed by atoms with Crippen molar-refractivity contribution in [3.8, 4) is 5.75 Å². The van der Waals surface area contributed by atoms with Crippen LogP contribution in [0.15, 0.2) is 22.7 Å². The van der Waals surface area contributed by atoms with Crippen molar-refractivity contribution in [2.45, 2.75) is 39.5 Å². The Bertz CT molecular complexity index is 361. The molecule has 0 saturated carbocycles. The van der Waals surface area contributed by atoms with Crippen molar-refractivity contribution in [1.29, 1.82) is 0 Å². The predicted molar refractivity (Wildman–Crippen MR) is 68.7 cm³/mol. The lowest BCUT2D eigenvalue weighted by molar-refractivity contribution is -0.134. The van der Waals surface area contributed by atoms with Crippen LogP contribution >= 0.6 is 15.9 Å². The number of aryl methyl sites for hydroxylation is 1. The fraction of sp³-hybridized carbons (Fsp3) is 0.462. The molecule has 0 fully saturated rings. The fourth-order valence-electron chi connectivity index (χ4n) is 1.42. The third-order valence-electron chi connectivity index (χ3n) is 2.35. The fourth-order valence-corrected chi connectivity index (χ4v) is 1.90. The first-order chi connectivity index (χ1) is 7.63. The minimum atomic E-state index is -0.140. The monoisotopic (exact) mass is 284 g/mol. The van der Waals surface area contributed by atoms with Crippen molar-refractivity contribution in [1.82, 2.24) is 0 Å². The Morgan fingerprint density at radius 2 is 2.12 bits per heavy atom. The Kier molecular flexibility index (Phi) is 5.53. The van der Waals surface area contributed by atoms with E-state index in [4.69, 9.17) is 4.74 Å². The van der Waals surface area contributed by atoms with Crippen LogP contribution in [-0.4, -0.2) is 5.97 Å². The highest BCUT2D eigenvalue weighted by molar-refractivity contribution is 9.10. The molecule has 0 N–H and O–H groups in total. The number of unbranched alkanes of at least 4 members (excludes halogenated alkanes) is 2. The van der Waals surface area contributed by atoms with Crippen molar-refractivity contribution >= 4 is 21.9 Å². The SMILES string of the molecule is CCCCCC(=O)Oc1ccc(Br)cc1C. The third-order valence-corrected chi connectivity index (χ3v) is 2.84. The zero-order chi connectivity index (χ0) is 12.0. The summed E-state index contributed by atoms with van der Waals surface area (Å²) in [5.74, 6) is 0.517. The van der Waals surface area contributed by atoms with Crippen LogP contribution in [0.25, 0.3) is 0 Å². The summed E-state index contributed by atoms with van der Waals surface area (Å²) in [6.45, 7) is 4.05. The number of carbonyl (C=O) groups excluding carboxylic acids is 1. The Balaban J connectivity index is 2.49. The van der Waals surface area contributed by atoms with Crippen LogP contribution in [0.4, 0.5) is 0 Å². The van der Waals surface area contributed by atoms with Crippen LogP contribution < -0.4 is 4.74 Å². The van der Waals surface area contributed by atoms with Crippen molar-refractivity contribution in [2.75, 3.05) is 0 Å². The largest absolute Gasteiger partial charge is 0.426 e. The number of carbonyl (C=O) groups is 1. The zero-order valence-electron chi connectivity index (χ0n) is 9.75. The van der Waals surface area contributed by atoms with E-state index in [1.165, 1.54) is 0 Å². The number of rotatable bonds is 5. The molecule has 0 saturated heterocycles. The first-order valence-electron chi connectivity index (χ1n) is 5.60. The molecule has 0 aliphatic heterocycles. The minimum Gasteiger partial charge on any atom is -0.426 e. The van der Waals surface area contributed by atoms with Gasteiger partial charge in [0.2, 0.25) is 0 Å².